The van der Waals surface area contributed by atoms with Crippen LogP contribution in [-0.4, -0.2) is 29.3 Å². The van der Waals surface area contributed by atoms with Gasteiger partial charge in [-0.15, -0.1) is 6.42 Å². The third kappa shape index (κ3) is 4.94. The Morgan fingerprint density at radius 2 is 2.24 bits per heavy atom. The van der Waals surface area contributed by atoms with E-state index in [0.717, 1.165) is 0 Å². The molecule has 0 fully saturated rings. The summed E-state index contributed by atoms with van der Waals surface area (Å²) in [7, 11) is 0. The second-order valence-corrected chi connectivity index (χ2v) is 4.63. The molecule has 0 aliphatic heterocycles. The number of hydrogen-bond acceptors (Lipinski definition) is 7. The van der Waals surface area contributed by atoms with E-state index in [0.29, 0.717) is 23.7 Å². The number of terminal acetylenes is 1. The lowest BCUT2D eigenvalue weighted by atomic mass is 10.2. The van der Waals surface area contributed by atoms with Crippen molar-refractivity contribution in [2.75, 3.05) is 18.6 Å². The lowest BCUT2D eigenvalue weighted by Crippen LogP contribution is -2.01. The van der Waals surface area contributed by atoms with Crippen LogP contribution in [0.4, 0.5) is 11.5 Å². The maximum Gasteiger partial charge on any atom is 0.313 e. The molecule has 0 atom stereocenters. The second-order valence-electron chi connectivity index (χ2n) is 4.63. The number of nitrogens with one attached hydrogen (secondary N) is 1. The Labute approximate surface area is 144 Å². The predicted octanol–water partition coefficient (Wildman–Crippen LogP) is 2.85. The average molecular weight is 340 g/mol. The quantitative estimate of drug-likeness (QED) is 0.343. The van der Waals surface area contributed by atoms with E-state index in [1.165, 1.54) is 24.5 Å². The monoisotopic (exact) mass is 340 g/mol. The maximum atomic E-state index is 10.9. The Morgan fingerprint density at radius 1 is 1.40 bits per heavy atom. The van der Waals surface area contributed by atoms with E-state index in [1.807, 2.05) is 6.92 Å². The van der Waals surface area contributed by atoms with Gasteiger partial charge in [0.1, 0.15) is 6.61 Å². The van der Waals surface area contributed by atoms with Gasteiger partial charge < -0.3 is 9.47 Å². The number of aromatic nitrogens is 1. The molecule has 2 aromatic rings. The summed E-state index contributed by atoms with van der Waals surface area (Å²) in [5, 5.41) is 14.9. The highest BCUT2D eigenvalue weighted by molar-refractivity contribution is 5.81. The van der Waals surface area contributed by atoms with Gasteiger partial charge in [-0.05, 0) is 36.8 Å². The number of benzene rings is 1. The Balaban J connectivity index is 2.14. The Morgan fingerprint density at radius 3 is 2.96 bits per heavy atom. The molecule has 0 aliphatic carbocycles. The van der Waals surface area contributed by atoms with E-state index >= 15 is 0 Å². The van der Waals surface area contributed by atoms with Crippen molar-refractivity contribution in [3.05, 3.63) is 52.2 Å². The fourth-order valence-electron chi connectivity index (χ4n) is 1.91. The van der Waals surface area contributed by atoms with Crippen LogP contribution in [-0.2, 0) is 0 Å². The first kappa shape index (κ1) is 17.7. The number of ether oxygens (including phenoxy) is 2. The second kappa shape index (κ2) is 8.88. The van der Waals surface area contributed by atoms with Gasteiger partial charge in [-0.1, -0.05) is 5.92 Å². The Bertz CT molecular complexity index is 815. The molecule has 25 heavy (non-hydrogen) atoms. The van der Waals surface area contributed by atoms with Gasteiger partial charge in [-0.3, -0.25) is 15.5 Å². The van der Waals surface area contributed by atoms with Gasteiger partial charge in [0.25, 0.3) is 0 Å². The van der Waals surface area contributed by atoms with Crippen LogP contribution in [0.3, 0.4) is 0 Å². The highest BCUT2D eigenvalue weighted by Crippen LogP contribution is 2.28. The number of nitro groups is 1. The van der Waals surface area contributed by atoms with Crippen LogP contribution in [0.5, 0.6) is 11.5 Å². The zero-order valence-corrected chi connectivity index (χ0v) is 13.5. The lowest BCUT2D eigenvalue weighted by molar-refractivity contribution is -0.384. The lowest BCUT2D eigenvalue weighted by Gasteiger charge is -2.10. The van der Waals surface area contributed by atoms with E-state index in [-0.39, 0.29) is 18.1 Å². The number of rotatable bonds is 8. The minimum Gasteiger partial charge on any atom is -0.490 e. The summed E-state index contributed by atoms with van der Waals surface area (Å²) in [6.45, 7) is 2.46. The van der Waals surface area contributed by atoms with Gasteiger partial charge in [-0.25, -0.2) is 4.98 Å². The third-order valence-electron chi connectivity index (χ3n) is 2.95. The molecule has 2 rings (SSSR count). The highest BCUT2D eigenvalue weighted by Gasteiger charge is 2.13. The van der Waals surface area contributed by atoms with E-state index in [9.17, 15) is 10.1 Å². The molecule has 0 saturated heterocycles. The topological polar surface area (TPSA) is 98.9 Å². The first-order valence-corrected chi connectivity index (χ1v) is 7.37. The average Bonchev–Trinajstić information content (AvgIpc) is 2.61. The summed E-state index contributed by atoms with van der Waals surface area (Å²) in [6, 6.07) is 8.03. The highest BCUT2D eigenvalue weighted by atomic mass is 16.6. The minimum absolute atomic E-state index is 0.0581. The third-order valence-corrected chi connectivity index (χ3v) is 2.95. The SMILES string of the molecule is C#CCOc1ccc(/C=N\Nc2ncccc2[N+](=O)[O-])cc1OCC. The zero-order valence-electron chi connectivity index (χ0n) is 13.5. The molecule has 0 radical (unpaired) electrons. The van der Waals surface area contributed by atoms with Gasteiger partial charge in [0.2, 0.25) is 5.82 Å². The summed E-state index contributed by atoms with van der Waals surface area (Å²) < 4.78 is 10.9. The molecule has 1 N–H and O–H groups in total. The first-order chi connectivity index (χ1) is 12.2. The van der Waals surface area contributed by atoms with Crippen LogP contribution in [0, 0.1) is 22.5 Å². The summed E-state index contributed by atoms with van der Waals surface area (Å²) >= 11 is 0. The number of hydrazone groups is 1. The molecular weight excluding hydrogens is 324 g/mol. The van der Waals surface area contributed by atoms with Crippen LogP contribution in [0.15, 0.2) is 41.6 Å². The fraction of sp³-hybridized carbons (Fsp3) is 0.176. The normalized spacial score (nSPS) is 10.2. The summed E-state index contributed by atoms with van der Waals surface area (Å²) in [5.41, 5.74) is 3.11. The van der Waals surface area contributed by atoms with E-state index < -0.39 is 4.92 Å². The van der Waals surface area contributed by atoms with Gasteiger partial charge in [0.15, 0.2) is 11.5 Å². The molecule has 1 aromatic carbocycles. The summed E-state index contributed by atoms with van der Waals surface area (Å²) in [6.07, 6.45) is 8.12. The van der Waals surface area contributed by atoms with Crippen molar-refractivity contribution >= 4 is 17.7 Å². The minimum atomic E-state index is -0.532. The van der Waals surface area contributed by atoms with Crippen molar-refractivity contribution in [1.82, 2.24) is 4.98 Å². The van der Waals surface area contributed by atoms with Gasteiger partial charge in [0, 0.05) is 12.3 Å². The molecule has 0 bridgehead atoms. The largest absolute Gasteiger partial charge is 0.490 e. The Hall–Kier alpha value is -3.60. The van der Waals surface area contributed by atoms with Crippen molar-refractivity contribution in [2.24, 2.45) is 5.10 Å². The maximum absolute atomic E-state index is 10.9. The molecule has 0 amide bonds. The van der Waals surface area contributed by atoms with Crippen molar-refractivity contribution < 1.29 is 14.4 Å². The molecule has 128 valence electrons. The molecule has 1 aromatic heterocycles. The predicted molar refractivity (Wildman–Crippen MR) is 94.0 cm³/mol. The molecule has 8 nitrogen and oxygen atoms in total. The molecule has 0 unspecified atom stereocenters. The van der Waals surface area contributed by atoms with Gasteiger partial charge in [-0.2, -0.15) is 5.10 Å². The van der Waals surface area contributed by atoms with Crippen LogP contribution in [0.1, 0.15) is 12.5 Å². The van der Waals surface area contributed by atoms with Crippen LogP contribution >= 0.6 is 0 Å². The van der Waals surface area contributed by atoms with Crippen LogP contribution in [0.2, 0.25) is 0 Å². The van der Waals surface area contributed by atoms with E-state index in [2.05, 4.69) is 21.4 Å². The molecule has 0 saturated carbocycles. The zero-order chi connectivity index (χ0) is 18.1. The van der Waals surface area contributed by atoms with Crippen molar-refractivity contribution in [1.29, 1.82) is 0 Å². The molecule has 0 aliphatic rings. The summed E-state index contributed by atoms with van der Waals surface area (Å²) in [4.78, 5) is 14.3. The van der Waals surface area contributed by atoms with Crippen LogP contribution in [0.25, 0.3) is 0 Å². The number of anilines is 1. The van der Waals surface area contributed by atoms with Gasteiger partial charge in [0.05, 0.1) is 17.7 Å². The standard InChI is InChI=1S/C17H16N4O4/c1-3-10-25-15-8-7-13(11-16(15)24-4-2)12-19-20-17-14(21(22)23)6-5-9-18-17/h1,5-9,11-12H,4,10H2,2H3,(H,18,20)/b19-12-. The summed E-state index contributed by atoms with van der Waals surface area (Å²) in [5.74, 6) is 3.51. The van der Waals surface area contributed by atoms with Crippen molar-refractivity contribution in [3.63, 3.8) is 0 Å². The molecular formula is C17H16N4O4. The van der Waals surface area contributed by atoms with Gasteiger partial charge >= 0.3 is 5.69 Å². The van der Waals surface area contributed by atoms with E-state index in [1.54, 1.807) is 18.2 Å². The molecule has 0 spiro atoms. The van der Waals surface area contributed by atoms with Crippen molar-refractivity contribution in [3.8, 4) is 23.8 Å². The number of hydrogen-bond donors (Lipinski definition) is 1. The van der Waals surface area contributed by atoms with Crippen molar-refractivity contribution in [2.45, 2.75) is 6.92 Å². The molecule has 8 heteroatoms. The number of nitrogens with zero attached hydrogens (tertiary/aromatic N) is 3. The van der Waals surface area contributed by atoms with E-state index in [4.69, 9.17) is 15.9 Å². The number of pyridine rings is 1. The first-order valence-electron chi connectivity index (χ1n) is 7.37. The molecule has 1 heterocycles. The fourth-order valence-corrected chi connectivity index (χ4v) is 1.91. The van der Waals surface area contributed by atoms with Crippen LogP contribution < -0.4 is 14.9 Å². The Kier molecular flexibility index (Phi) is 6.31. The smallest absolute Gasteiger partial charge is 0.313 e.